The van der Waals surface area contributed by atoms with Crippen LogP contribution in [-0.4, -0.2) is 88.7 Å². The highest BCUT2D eigenvalue weighted by molar-refractivity contribution is 14.1. The van der Waals surface area contributed by atoms with E-state index in [4.69, 9.17) is 33.2 Å². The molecule has 440 valence electrons. The Balaban J connectivity index is 1.48. The summed E-state index contributed by atoms with van der Waals surface area (Å²) in [5.74, 6) is -4.28. The first-order valence-corrected chi connectivity index (χ1v) is 41.8. The number of rotatable bonds is 22. The average Bonchev–Trinajstić information content (AvgIpc) is 3.44. The van der Waals surface area contributed by atoms with E-state index in [1.165, 1.54) is 0 Å². The summed E-state index contributed by atoms with van der Waals surface area (Å²) in [5.41, 5.74) is -1.77. The molecule has 6 aromatic carbocycles. The van der Waals surface area contributed by atoms with E-state index < -0.39 is 99.5 Å². The van der Waals surface area contributed by atoms with Gasteiger partial charge < -0.3 is 33.2 Å². The summed E-state index contributed by atoms with van der Waals surface area (Å²) in [6.45, 7) is -4.14. The van der Waals surface area contributed by atoms with Crippen LogP contribution in [0.15, 0.2) is 72.8 Å². The van der Waals surface area contributed by atoms with Crippen LogP contribution in [0.5, 0.6) is 0 Å². The van der Waals surface area contributed by atoms with Crippen molar-refractivity contribution in [3.8, 4) is 0 Å². The Morgan fingerprint density at radius 1 is 0.217 bits per heavy atom. The molecule has 83 heavy (non-hydrogen) atoms. The number of halogens is 18. The van der Waals surface area contributed by atoms with Crippen molar-refractivity contribution in [1.29, 1.82) is 0 Å². The molecule has 0 amide bonds. The molecule has 0 fully saturated rings. The lowest BCUT2D eigenvalue weighted by molar-refractivity contribution is -0.112. The topological polar surface area (TPSA) is 167 Å². The predicted octanol–water partition coefficient (Wildman–Crippen LogP) is 19.0. The van der Waals surface area contributed by atoms with Crippen molar-refractivity contribution in [1.82, 2.24) is 0 Å². The summed E-state index contributed by atoms with van der Waals surface area (Å²) in [6.07, 6.45) is 0. The highest BCUT2D eigenvalue weighted by atomic mass is 127. The van der Waals surface area contributed by atoms with Crippen molar-refractivity contribution in [2.45, 2.75) is 0 Å². The lowest BCUT2D eigenvalue weighted by atomic mass is 9.90. The van der Waals surface area contributed by atoms with E-state index in [1.54, 1.807) is 36.4 Å². The maximum Gasteiger partial charge on any atom is 0.339 e. The van der Waals surface area contributed by atoms with Crippen molar-refractivity contribution in [3.63, 3.8) is 0 Å². The first-order valence-electron chi connectivity index (χ1n) is 22.4. The third-order valence-corrected chi connectivity index (χ3v) is 33.5. The first kappa shape index (κ1) is 77.2. The molecule has 0 saturated carbocycles. The molecule has 13 nitrogen and oxygen atoms in total. The largest absolute Gasteiger partial charge is 0.461 e. The van der Waals surface area contributed by atoms with Crippen molar-refractivity contribution in [2.75, 3.05) is 52.9 Å². The van der Waals surface area contributed by atoms with Crippen LogP contribution in [0.25, 0.3) is 0 Å². The molecule has 6 rings (SSSR count). The SMILES string of the molecule is O=C(OCC(COCC(COC(=O)c1cc(I)c(I)cc1I)(COC(=O)c1cc(I)c(I)cc1I)COC(=O)c1cc(I)c(I)cc1I)(COC(=O)c1cc(I)c(I)cc1I)COC(=O)c1cc(I)c(I)cc1I)c1cc(I)c(I)cc1I. The van der Waals surface area contributed by atoms with E-state index in [0.29, 0.717) is 21.4 Å². The van der Waals surface area contributed by atoms with Crippen LogP contribution < -0.4 is 0 Å². The van der Waals surface area contributed by atoms with Crippen LogP contribution in [0.4, 0.5) is 0 Å². The number of carbonyl (C=O) groups excluding carboxylic acids is 6. The van der Waals surface area contributed by atoms with Gasteiger partial charge >= 0.3 is 35.8 Å². The van der Waals surface area contributed by atoms with E-state index in [0.717, 1.165) is 42.8 Å². The fourth-order valence-electron chi connectivity index (χ4n) is 6.84. The van der Waals surface area contributed by atoms with Gasteiger partial charge in [-0.1, -0.05) is 0 Å². The summed E-state index contributed by atoms with van der Waals surface area (Å²) in [4.78, 5) is 85.8. The molecule has 0 aromatic heterocycles. The van der Waals surface area contributed by atoms with Gasteiger partial charge in [0.2, 0.25) is 0 Å². The Labute approximate surface area is 722 Å². The van der Waals surface area contributed by atoms with Gasteiger partial charge in [0.15, 0.2) is 0 Å². The number of hydrogen-bond donors (Lipinski definition) is 0. The van der Waals surface area contributed by atoms with Crippen LogP contribution in [-0.2, 0) is 33.2 Å². The molecule has 0 aliphatic heterocycles. The second-order valence-corrected chi connectivity index (χ2v) is 38.3. The van der Waals surface area contributed by atoms with Gasteiger partial charge in [0.05, 0.1) is 57.4 Å². The normalized spacial score (nSPS) is 11.5. The van der Waals surface area contributed by atoms with E-state index in [9.17, 15) is 28.8 Å². The monoisotopic (exact) mass is 3140 g/mol. The number of ether oxygens (including phenoxy) is 7. The van der Waals surface area contributed by atoms with Crippen LogP contribution >= 0.6 is 407 Å². The molecule has 0 saturated heterocycles. The van der Waals surface area contributed by atoms with Gasteiger partial charge in [-0.05, 0) is 479 Å². The second-order valence-electron chi connectivity index (χ2n) is 17.4. The molecule has 31 heteroatoms. The maximum atomic E-state index is 14.3. The van der Waals surface area contributed by atoms with E-state index in [1.807, 2.05) is 36.4 Å². The molecule has 6 aromatic rings. The second kappa shape index (κ2) is 36.0. The van der Waals surface area contributed by atoms with Crippen LogP contribution in [0.2, 0.25) is 0 Å². The maximum absolute atomic E-state index is 14.3. The zero-order valence-electron chi connectivity index (χ0n) is 40.7. The number of benzene rings is 6. The van der Waals surface area contributed by atoms with Crippen molar-refractivity contribution in [3.05, 3.63) is 170 Å². The van der Waals surface area contributed by atoms with E-state index in [-0.39, 0.29) is 33.4 Å². The van der Waals surface area contributed by atoms with Gasteiger partial charge in [0, 0.05) is 64.3 Å². The Bertz CT molecular complexity index is 2980. The van der Waals surface area contributed by atoms with Gasteiger partial charge in [0.25, 0.3) is 0 Å². The molecular formula is C52H28I18O13. The van der Waals surface area contributed by atoms with Crippen molar-refractivity contribution in [2.24, 2.45) is 10.8 Å². The summed E-state index contributed by atoms with van der Waals surface area (Å²) < 4.78 is 57.9. The lowest BCUT2D eigenvalue weighted by Crippen LogP contribution is -2.47. The molecule has 0 radical (unpaired) electrons. The standard InChI is InChI=1S/C52H28I18O13/c53-27-7-39(65)33(59)1-21(27)45(71)78-15-51(16-79-46(72)22-2-34(60)40(66)8-28(22)54,17-80-47(73)23-3-35(61)41(67)9-29(23)55)13-77-14-52(18-81-48(74)24-4-36(62)42(68)10-30(24)56,19-82-49(75)25-5-37(63)43(69)11-31(25)57)20-83-50(76)26-6-38(64)44(70)12-32(26)58/h1-12H,13-20H2. The molecule has 0 unspecified atom stereocenters. The van der Waals surface area contributed by atoms with Crippen molar-refractivity contribution >= 4 is 442 Å². The number of carbonyl (C=O) groups is 6. The van der Waals surface area contributed by atoms with Gasteiger partial charge in [-0.2, -0.15) is 0 Å². The zero-order chi connectivity index (χ0) is 61.4. The highest BCUT2D eigenvalue weighted by Gasteiger charge is 2.42. The lowest BCUT2D eigenvalue weighted by Gasteiger charge is -2.35. The van der Waals surface area contributed by atoms with Crippen molar-refractivity contribution < 1.29 is 61.9 Å². The number of esters is 6. The van der Waals surface area contributed by atoms with Gasteiger partial charge in [-0.15, -0.1) is 0 Å². The molecule has 0 aliphatic rings. The Morgan fingerprint density at radius 3 is 0.494 bits per heavy atom. The third-order valence-electron chi connectivity index (χ3n) is 11.3. The molecule has 0 heterocycles. The summed E-state index contributed by atoms with van der Waals surface area (Å²) in [7, 11) is 0. The Hall–Kier alpha value is 5.24. The first-order chi connectivity index (χ1) is 38.9. The van der Waals surface area contributed by atoms with Crippen LogP contribution in [0, 0.1) is 75.1 Å². The molecule has 0 spiro atoms. The van der Waals surface area contributed by atoms with Gasteiger partial charge in [-0.3, -0.25) is 0 Å². The Kier molecular flexibility index (Phi) is 33.5. The summed E-state index contributed by atoms with van der Waals surface area (Å²) in [5, 5.41) is 0. The van der Waals surface area contributed by atoms with Crippen LogP contribution in [0.1, 0.15) is 62.1 Å². The molecular weight excluding hydrogens is 3120 g/mol. The van der Waals surface area contributed by atoms with Gasteiger partial charge in [0.1, 0.15) is 39.6 Å². The fourth-order valence-corrected chi connectivity index (χ4v) is 20.1. The quantitative estimate of drug-likeness (QED) is 0.0273. The minimum absolute atomic E-state index is 0.266. The third kappa shape index (κ3) is 22.1. The van der Waals surface area contributed by atoms with Gasteiger partial charge in [-0.25, -0.2) is 28.8 Å². The molecule has 0 N–H and O–H groups in total. The molecule has 0 atom stereocenters. The minimum atomic E-state index is -1.68. The number of hydrogen-bond acceptors (Lipinski definition) is 13. The minimum Gasteiger partial charge on any atom is -0.461 e. The fraction of sp³-hybridized carbons (Fsp3) is 0.192. The average molecular weight is 3150 g/mol. The molecule has 0 aliphatic carbocycles. The van der Waals surface area contributed by atoms with E-state index in [2.05, 4.69) is 407 Å². The summed E-state index contributed by atoms with van der Waals surface area (Å²) in [6, 6.07) is 21.3. The van der Waals surface area contributed by atoms with E-state index >= 15 is 0 Å². The molecule has 0 bridgehead atoms. The Morgan fingerprint density at radius 2 is 0.349 bits per heavy atom. The van der Waals surface area contributed by atoms with Crippen LogP contribution in [0.3, 0.4) is 0 Å². The smallest absolute Gasteiger partial charge is 0.339 e. The highest BCUT2D eigenvalue weighted by Crippen LogP contribution is 2.34. The predicted molar refractivity (Wildman–Crippen MR) is 465 cm³/mol. The summed E-state index contributed by atoms with van der Waals surface area (Å²) >= 11 is 38.3. The zero-order valence-corrected chi connectivity index (χ0v) is 79.5.